The lowest BCUT2D eigenvalue weighted by atomic mass is 9.98. The van der Waals surface area contributed by atoms with E-state index in [2.05, 4.69) is 20.6 Å². The van der Waals surface area contributed by atoms with Crippen molar-refractivity contribution in [2.75, 3.05) is 12.0 Å². The van der Waals surface area contributed by atoms with Gasteiger partial charge in [-0.1, -0.05) is 66.7 Å². The molecule has 0 radical (unpaired) electrons. The number of nitrogens with one attached hydrogen (secondary N) is 1. The molecule has 0 unspecified atom stereocenters. The van der Waals surface area contributed by atoms with E-state index >= 15 is 0 Å². The van der Waals surface area contributed by atoms with Crippen LogP contribution in [0.3, 0.4) is 0 Å². The smallest absolute Gasteiger partial charge is 0.300 e. The van der Waals surface area contributed by atoms with Crippen LogP contribution in [0.2, 0.25) is 0 Å². The number of aromatic nitrogens is 3. The van der Waals surface area contributed by atoms with Gasteiger partial charge in [0, 0.05) is 0 Å². The van der Waals surface area contributed by atoms with E-state index < -0.39 is 42.8 Å². The molecule has 2 heterocycles. The summed E-state index contributed by atoms with van der Waals surface area (Å²) in [5, 5.41) is 48.9. The zero-order valence-corrected chi connectivity index (χ0v) is 18.5. The SMILES string of the molecule is O=c1nc(N/N=C/c2ccccc2)n([C@@H]2O[C@H](CO)[C@@H](O)[C@H](O)[C@H]2O)nc1/C=C/c1ccccc1. The van der Waals surface area contributed by atoms with Crippen LogP contribution in [-0.4, -0.2) is 72.4 Å². The first-order valence-corrected chi connectivity index (χ1v) is 10.9. The van der Waals surface area contributed by atoms with Crippen LogP contribution in [0.4, 0.5) is 5.95 Å². The van der Waals surface area contributed by atoms with Gasteiger partial charge in [-0.2, -0.15) is 19.9 Å². The lowest BCUT2D eigenvalue weighted by Gasteiger charge is -2.40. The van der Waals surface area contributed by atoms with E-state index in [1.54, 1.807) is 6.08 Å². The van der Waals surface area contributed by atoms with Crippen molar-refractivity contribution in [3.05, 3.63) is 87.8 Å². The van der Waals surface area contributed by atoms with E-state index in [1.165, 1.54) is 12.3 Å². The highest BCUT2D eigenvalue weighted by atomic mass is 16.6. The summed E-state index contributed by atoms with van der Waals surface area (Å²) in [6.45, 7) is -0.620. The topological polar surface area (TPSA) is 162 Å². The Morgan fingerprint density at radius 1 is 0.943 bits per heavy atom. The van der Waals surface area contributed by atoms with Crippen molar-refractivity contribution in [1.29, 1.82) is 0 Å². The summed E-state index contributed by atoms with van der Waals surface area (Å²) in [7, 11) is 0. The van der Waals surface area contributed by atoms with Gasteiger partial charge in [0.15, 0.2) is 11.9 Å². The molecular weight excluding hydrogens is 454 g/mol. The van der Waals surface area contributed by atoms with Crippen LogP contribution in [0.25, 0.3) is 12.2 Å². The first kappa shape index (κ1) is 24.4. The Morgan fingerprint density at radius 2 is 1.60 bits per heavy atom. The monoisotopic (exact) mass is 479 g/mol. The molecule has 2 aromatic carbocycles. The van der Waals surface area contributed by atoms with Crippen molar-refractivity contribution in [3.8, 4) is 0 Å². The summed E-state index contributed by atoms with van der Waals surface area (Å²) in [6.07, 6.45) is -2.78. The summed E-state index contributed by atoms with van der Waals surface area (Å²) in [5.74, 6) is -0.177. The summed E-state index contributed by atoms with van der Waals surface area (Å²) in [5.41, 5.74) is 3.48. The molecule has 0 amide bonds. The number of hydrazone groups is 1. The maximum atomic E-state index is 12.7. The zero-order valence-electron chi connectivity index (χ0n) is 18.5. The van der Waals surface area contributed by atoms with Crippen LogP contribution in [0.1, 0.15) is 23.0 Å². The number of rotatable bonds is 7. The van der Waals surface area contributed by atoms with Crippen LogP contribution in [0, 0.1) is 0 Å². The molecule has 5 atom stereocenters. The van der Waals surface area contributed by atoms with Crippen LogP contribution in [-0.2, 0) is 4.74 Å². The van der Waals surface area contributed by atoms with Crippen molar-refractivity contribution in [3.63, 3.8) is 0 Å². The van der Waals surface area contributed by atoms with Crippen LogP contribution in [0.15, 0.2) is 70.6 Å². The second kappa shape index (κ2) is 11.1. The summed E-state index contributed by atoms with van der Waals surface area (Å²) >= 11 is 0. The molecule has 11 heteroatoms. The molecule has 0 bridgehead atoms. The van der Waals surface area contributed by atoms with E-state index in [0.29, 0.717) is 0 Å². The Bertz CT molecular complexity index is 1230. The van der Waals surface area contributed by atoms with Crippen LogP contribution in [0.5, 0.6) is 0 Å². The molecule has 1 fully saturated rings. The molecule has 0 aliphatic carbocycles. The predicted octanol–water partition coefficient (Wildman–Crippen LogP) is 0.227. The number of anilines is 1. The number of nitrogens with zero attached hydrogens (tertiary/aromatic N) is 4. The number of aliphatic hydroxyl groups excluding tert-OH is 4. The predicted molar refractivity (Wildman–Crippen MR) is 128 cm³/mol. The largest absolute Gasteiger partial charge is 0.394 e. The number of aliphatic hydroxyl groups is 4. The highest BCUT2D eigenvalue weighted by Crippen LogP contribution is 2.29. The Kier molecular flexibility index (Phi) is 7.75. The Hall–Kier alpha value is -3.74. The van der Waals surface area contributed by atoms with Crippen LogP contribution < -0.4 is 11.0 Å². The number of benzene rings is 2. The molecule has 1 saturated heterocycles. The van der Waals surface area contributed by atoms with Crippen molar-refractivity contribution in [1.82, 2.24) is 14.8 Å². The van der Waals surface area contributed by atoms with Gasteiger partial charge in [0.1, 0.15) is 24.4 Å². The lowest BCUT2D eigenvalue weighted by Crippen LogP contribution is -2.57. The Labute approximate surface area is 200 Å². The number of hydrogen-bond acceptors (Lipinski definition) is 10. The average Bonchev–Trinajstić information content (AvgIpc) is 2.88. The molecule has 0 spiro atoms. The molecule has 1 aliphatic heterocycles. The number of ether oxygens (including phenoxy) is 1. The average molecular weight is 479 g/mol. The van der Waals surface area contributed by atoms with Gasteiger partial charge in [-0.25, -0.2) is 5.43 Å². The third kappa shape index (κ3) is 5.67. The Balaban J connectivity index is 1.72. The van der Waals surface area contributed by atoms with Gasteiger partial charge in [0.25, 0.3) is 0 Å². The van der Waals surface area contributed by atoms with E-state index in [4.69, 9.17) is 4.74 Å². The van der Waals surface area contributed by atoms with E-state index in [1.807, 2.05) is 60.7 Å². The van der Waals surface area contributed by atoms with Crippen LogP contribution >= 0.6 is 0 Å². The van der Waals surface area contributed by atoms with Gasteiger partial charge in [-0.05, 0) is 17.2 Å². The van der Waals surface area contributed by atoms with E-state index in [9.17, 15) is 25.2 Å². The molecule has 1 aliphatic rings. The minimum atomic E-state index is -1.64. The molecule has 1 aromatic heterocycles. The third-order valence-electron chi connectivity index (χ3n) is 5.38. The van der Waals surface area contributed by atoms with Gasteiger partial charge < -0.3 is 25.2 Å². The van der Waals surface area contributed by atoms with Gasteiger partial charge in [-0.3, -0.25) is 4.79 Å². The summed E-state index contributed by atoms with van der Waals surface area (Å²) < 4.78 is 6.66. The highest BCUT2D eigenvalue weighted by Gasteiger charge is 2.45. The first-order chi connectivity index (χ1) is 17.0. The fraction of sp³-hybridized carbons (Fsp3) is 0.250. The lowest BCUT2D eigenvalue weighted by molar-refractivity contribution is -0.253. The van der Waals surface area contributed by atoms with E-state index in [-0.39, 0.29) is 11.6 Å². The molecule has 0 saturated carbocycles. The third-order valence-corrected chi connectivity index (χ3v) is 5.38. The fourth-order valence-electron chi connectivity index (χ4n) is 3.50. The number of hydrogen-bond donors (Lipinski definition) is 5. The first-order valence-electron chi connectivity index (χ1n) is 10.9. The fourth-order valence-corrected chi connectivity index (χ4v) is 3.50. The normalized spacial score (nSPS) is 24.7. The van der Waals surface area contributed by atoms with Crippen molar-refractivity contribution in [2.24, 2.45) is 5.10 Å². The second-order valence-corrected chi connectivity index (χ2v) is 7.81. The molecule has 3 aromatic rings. The summed E-state index contributed by atoms with van der Waals surface area (Å²) in [4.78, 5) is 16.7. The molecule has 35 heavy (non-hydrogen) atoms. The summed E-state index contributed by atoms with van der Waals surface area (Å²) in [6, 6.07) is 18.4. The van der Waals surface area contributed by atoms with Crippen molar-refractivity contribution < 1.29 is 25.2 Å². The van der Waals surface area contributed by atoms with E-state index in [0.717, 1.165) is 15.8 Å². The quantitative estimate of drug-likeness (QED) is 0.236. The highest BCUT2D eigenvalue weighted by molar-refractivity contribution is 5.79. The second-order valence-electron chi connectivity index (χ2n) is 7.81. The molecule has 182 valence electrons. The van der Waals surface area contributed by atoms with Crippen molar-refractivity contribution in [2.45, 2.75) is 30.6 Å². The maximum Gasteiger partial charge on any atom is 0.300 e. The maximum absolute atomic E-state index is 12.7. The van der Waals surface area contributed by atoms with Gasteiger partial charge in [-0.15, -0.1) is 0 Å². The molecule has 5 N–H and O–H groups in total. The molecular formula is C24H25N5O6. The van der Waals surface area contributed by atoms with Gasteiger partial charge >= 0.3 is 5.56 Å². The van der Waals surface area contributed by atoms with Gasteiger partial charge in [0.05, 0.1) is 12.8 Å². The zero-order chi connectivity index (χ0) is 24.8. The van der Waals surface area contributed by atoms with Gasteiger partial charge in [0.2, 0.25) is 5.95 Å². The molecule has 4 rings (SSSR count). The minimum absolute atomic E-state index is 0.0663. The van der Waals surface area contributed by atoms with Crippen molar-refractivity contribution >= 4 is 24.3 Å². The molecule has 11 nitrogen and oxygen atoms in total. The standard InChI is InChI=1S/C24H25N5O6/c30-14-18-19(31)20(32)21(33)23(35-18)29-24(27-25-13-16-9-5-2-6-10-16)26-22(34)17(28-29)12-11-15-7-3-1-4-8-15/h1-13,18-21,23,30-33H,14H2,(H,26,27,34)/b12-11+,25-13+/t18-,19-,20+,21-,23-/m1/s1. The minimum Gasteiger partial charge on any atom is -0.394 e. The Morgan fingerprint density at radius 3 is 2.26 bits per heavy atom.